The number of aromatic amines is 1. The molecule has 1 aromatic carbocycles. The van der Waals surface area contributed by atoms with Crippen LogP contribution in [0.25, 0.3) is 5.52 Å². The number of fused-ring (bicyclic) bond motifs is 1. The first-order chi connectivity index (χ1) is 15.4. The molecule has 0 radical (unpaired) electrons. The fourth-order valence-electron chi connectivity index (χ4n) is 4.69. The topological polar surface area (TPSA) is 60.8 Å². The molecule has 2 aliphatic heterocycles. The SMILES string of the molecule is O=C(c1cc(Cc2c[nH]c(=O)c3cc(Cl)c(Cl)n23)ccc1F)N1CCC(N2CCC2)CC1. The maximum absolute atomic E-state index is 14.6. The van der Waals surface area contributed by atoms with E-state index in [9.17, 15) is 14.0 Å². The number of hydrogen-bond acceptors (Lipinski definition) is 3. The smallest absolute Gasteiger partial charge is 0.272 e. The fourth-order valence-corrected chi connectivity index (χ4v) is 5.13. The van der Waals surface area contributed by atoms with E-state index in [-0.39, 0.29) is 27.2 Å². The highest BCUT2D eigenvalue weighted by Crippen LogP contribution is 2.27. The Morgan fingerprint density at radius 1 is 1.12 bits per heavy atom. The van der Waals surface area contributed by atoms with Gasteiger partial charge in [-0.25, -0.2) is 4.39 Å². The van der Waals surface area contributed by atoms with Crippen LogP contribution in [-0.4, -0.2) is 57.3 Å². The number of benzene rings is 1. The summed E-state index contributed by atoms with van der Waals surface area (Å²) in [6.07, 6.45) is 5.00. The van der Waals surface area contributed by atoms with Gasteiger partial charge >= 0.3 is 0 Å². The van der Waals surface area contributed by atoms with Crippen LogP contribution in [-0.2, 0) is 6.42 Å². The van der Waals surface area contributed by atoms with Gasteiger partial charge in [-0.1, -0.05) is 29.3 Å². The number of nitrogens with zero attached hydrogens (tertiary/aromatic N) is 3. The van der Waals surface area contributed by atoms with Crippen molar-refractivity contribution in [3.05, 3.63) is 73.6 Å². The molecule has 2 aromatic heterocycles. The van der Waals surface area contributed by atoms with Crippen molar-refractivity contribution in [3.63, 3.8) is 0 Å². The molecule has 5 rings (SSSR count). The highest BCUT2D eigenvalue weighted by atomic mass is 35.5. The van der Waals surface area contributed by atoms with Gasteiger partial charge in [0.25, 0.3) is 11.5 Å². The monoisotopic (exact) mass is 476 g/mol. The van der Waals surface area contributed by atoms with E-state index in [4.69, 9.17) is 23.2 Å². The van der Waals surface area contributed by atoms with Gasteiger partial charge < -0.3 is 14.8 Å². The average Bonchev–Trinajstić information content (AvgIpc) is 3.06. The van der Waals surface area contributed by atoms with Gasteiger partial charge in [0.1, 0.15) is 16.5 Å². The van der Waals surface area contributed by atoms with Crippen molar-refractivity contribution < 1.29 is 9.18 Å². The zero-order valence-corrected chi connectivity index (χ0v) is 18.9. The van der Waals surface area contributed by atoms with Gasteiger partial charge in [0, 0.05) is 37.4 Å². The number of carbonyl (C=O) groups is 1. The Kier molecular flexibility index (Phi) is 5.73. The predicted molar refractivity (Wildman–Crippen MR) is 122 cm³/mol. The standard InChI is InChI=1S/C23H23Cl2FN4O2/c24-18-12-20-22(31)27-13-16(30(20)21(18)25)10-14-2-3-19(26)17(11-14)23(32)29-8-4-15(5-9-29)28-6-1-7-28/h2-3,11-13,15H,1,4-10H2,(H,27,31). The van der Waals surface area contributed by atoms with Crippen LogP contribution >= 0.6 is 23.2 Å². The zero-order valence-electron chi connectivity index (χ0n) is 17.4. The van der Waals surface area contributed by atoms with Crippen molar-refractivity contribution in [3.8, 4) is 0 Å². The number of halogens is 3. The van der Waals surface area contributed by atoms with E-state index in [1.807, 2.05) is 0 Å². The van der Waals surface area contributed by atoms with Crippen molar-refractivity contribution in [2.24, 2.45) is 0 Å². The molecule has 0 aliphatic carbocycles. The molecule has 1 N–H and O–H groups in total. The van der Waals surface area contributed by atoms with Gasteiger partial charge in [0.2, 0.25) is 0 Å². The molecule has 2 fully saturated rings. The quantitative estimate of drug-likeness (QED) is 0.619. The molecule has 0 saturated carbocycles. The first-order valence-corrected chi connectivity index (χ1v) is 11.6. The third-order valence-electron chi connectivity index (χ3n) is 6.59. The summed E-state index contributed by atoms with van der Waals surface area (Å²) in [5, 5.41) is 0.521. The number of amides is 1. The van der Waals surface area contributed by atoms with Crippen LogP contribution in [0.4, 0.5) is 4.39 Å². The summed E-state index contributed by atoms with van der Waals surface area (Å²) in [5.74, 6) is -0.808. The molecule has 0 atom stereocenters. The molecule has 6 nitrogen and oxygen atoms in total. The van der Waals surface area contributed by atoms with Gasteiger partial charge in [-0.15, -0.1) is 0 Å². The molecule has 2 aliphatic rings. The Morgan fingerprint density at radius 3 is 2.56 bits per heavy atom. The van der Waals surface area contributed by atoms with Crippen LogP contribution < -0.4 is 5.56 Å². The highest BCUT2D eigenvalue weighted by Gasteiger charge is 2.30. The molecule has 9 heteroatoms. The normalized spacial score (nSPS) is 17.7. The summed E-state index contributed by atoms with van der Waals surface area (Å²) in [5.41, 5.74) is 1.51. The predicted octanol–water partition coefficient (Wildman–Crippen LogP) is 3.97. The van der Waals surface area contributed by atoms with Gasteiger partial charge in [-0.05, 0) is 56.1 Å². The molecule has 32 heavy (non-hydrogen) atoms. The lowest BCUT2D eigenvalue weighted by Gasteiger charge is -2.43. The largest absolute Gasteiger partial charge is 0.338 e. The molecule has 2 saturated heterocycles. The summed E-state index contributed by atoms with van der Waals surface area (Å²) in [4.78, 5) is 32.1. The fraction of sp³-hybridized carbons (Fsp3) is 0.391. The van der Waals surface area contributed by atoms with E-state index in [2.05, 4.69) is 9.88 Å². The van der Waals surface area contributed by atoms with Crippen LogP contribution in [0.1, 0.15) is 40.9 Å². The molecular weight excluding hydrogens is 454 g/mol. The van der Waals surface area contributed by atoms with E-state index in [1.165, 1.54) is 18.6 Å². The molecule has 4 heterocycles. The molecular formula is C23H23Cl2FN4O2. The number of H-pyrrole nitrogens is 1. The Labute approximate surface area is 194 Å². The van der Waals surface area contributed by atoms with E-state index in [0.29, 0.717) is 36.8 Å². The van der Waals surface area contributed by atoms with Gasteiger partial charge in [0.15, 0.2) is 0 Å². The van der Waals surface area contributed by atoms with Gasteiger partial charge in [-0.3, -0.25) is 14.0 Å². The van der Waals surface area contributed by atoms with Crippen molar-refractivity contribution in [2.75, 3.05) is 26.2 Å². The second-order valence-electron chi connectivity index (χ2n) is 8.52. The average molecular weight is 477 g/mol. The van der Waals surface area contributed by atoms with Crippen LogP contribution in [0.15, 0.2) is 35.3 Å². The van der Waals surface area contributed by atoms with Crippen LogP contribution in [0.2, 0.25) is 10.2 Å². The van der Waals surface area contributed by atoms with Crippen LogP contribution in [0.3, 0.4) is 0 Å². The molecule has 168 valence electrons. The zero-order chi connectivity index (χ0) is 22.4. The van der Waals surface area contributed by atoms with E-state index in [1.54, 1.807) is 27.6 Å². The Hall–Kier alpha value is -2.35. The lowest BCUT2D eigenvalue weighted by atomic mass is 9.98. The maximum Gasteiger partial charge on any atom is 0.272 e. The maximum atomic E-state index is 14.6. The van der Waals surface area contributed by atoms with Crippen molar-refractivity contribution in [1.29, 1.82) is 0 Å². The Morgan fingerprint density at radius 2 is 1.88 bits per heavy atom. The molecule has 3 aromatic rings. The second kappa shape index (κ2) is 8.54. The second-order valence-corrected chi connectivity index (χ2v) is 9.28. The third kappa shape index (κ3) is 3.83. The number of rotatable bonds is 4. The van der Waals surface area contributed by atoms with Crippen LogP contribution in [0.5, 0.6) is 0 Å². The number of nitrogens with one attached hydrogen (secondary N) is 1. The summed E-state index contributed by atoms with van der Waals surface area (Å²) < 4.78 is 16.2. The minimum absolute atomic E-state index is 0.0715. The van der Waals surface area contributed by atoms with E-state index < -0.39 is 5.82 Å². The molecule has 0 unspecified atom stereocenters. The molecule has 1 amide bonds. The number of aromatic nitrogens is 2. The van der Waals surface area contributed by atoms with Crippen LogP contribution in [0, 0.1) is 5.82 Å². The van der Waals surface area contributed by atoms with Crippen molar-refractivity contribution >= 4 is 34.6 Å². The molecule has 0 spiro atoms. The number of likely N-dealkylation sites (tertiary alicyclic amines) is 2. The highest BCUT2D eigenvalue weighted by molar-refractivity contribution is 6.42. The molecule has 0 bridgehead atoms. The Bertz CT molecular complexity index is 1240. The summed E-state index contributed by atoms with van der Waals surface area (Å²) >= 11 is 12.4. The first kappa shape index (κ1) is 21.5. The number of piperidine rings is 1. The van der Waals surface area contributed by atoms with E-state index in [0.717, 1.165) is 31.5 Å². The minimum Gasteiger partial charge on any atom is -0.338 e. The van der Waals surface area contributed by atoms with Gasteiger partial charge in [-0.2, -0.15) is 0 Å². The summed E-state index contributed by atoms with van der Waals surface area (Å²) in [7, 11) is 0. The van der Waals surface area contributed by atoms with Crippen molar-refractivity contribution in [2.45, 2.75) is 31.7 Å². The summed E-state index contributed by atoms with van der Waals surface area (Å²) in [6.45, 7) is 3.57. The number of carbonyl (C=O) groups excluding carboxylic acids is 1. The van der Waals surface area contributed by atoms with Crippen molar-refractivity contribution in [1.82, 2.24) is 19.2 Å². The number of hydrogen-bond donors (Lipinski definition) is 1. The van der Waals surface area contributed by atoms with Gasteiger partial charge in [0.05, 0.1) is 10.6 Å². The lowest BCUT2D eigenvalue weighted by Crippen LogP contribution is -2.51. The van der Waals surface area contributed by atoms with E-state index >= 15 is 0 Å². The third-order valence-corrected chi connectivity index (χ3v) is 7.35. The summed E-state index contributed by atoms with van der Waals surface area (Å²) in [6, 6.07) is 6.59. The minimum atomic E-state index is -0.530. The first-order valence-electron chi connectivity index (χ1n) is 10.8. The lowest BCUT2D eigenvalue weighted by molar-refractivity contribution is 0.0485. The Balaban J connectivity index is 1.38.